The minimum atomic E-state index is 0.363. The normalized spacial score (nSPS) is 18.8. The van der Waals surface area contributed by atoms with Gasteiger partial charge in [0.05, 0.1) is 17.8 Å². The molecule has 6 aromatic carbocycles. The van der Waals surface area contributed by atoms with Crippen molar-refractivity contribution in [2.45, 2.75) is 18.5 Å². The summed E-state index contributed by atoms with van der Waals surface area (Å²) in [7, 11) is 0. The summed E-state index contributed by atoms with van der Waals surface area (Å²) in [4.78, 5) is 4.98. The summed E-state index contributed by atoms with van der Waals surface area (Å²) in [6, 6.07) is 55.7. The SMILES string of the molecule is C1=CC2CC(c3ccccc3)N(c3ccc(-c4ccc(N(c5ccccc5)c5cccc6ccccc56)cc4)cc3)C2C=C1. The smallest absolute Gasteiger partial charge is 0.0555 e. The standard InChI is InChI=1S/C42H34N2/c1-3-13-34(14-4-1)42-30-35-15-8-10-20-40(35)44(42)38-28-24-32(25-29-38)31-22-26-37(27-23-31)43(36-17-5-2-6-18-36)41-21-11-16-33-12-7-9-19-39(33)41/h1-29,35,40,42H,30H2. The van der Waals surface area contributed by atoms with Gasteiger partial charge in [0.1, 0.15) is 0 Å². The molecule has 1 aliphatic carbocycles. The zero-order valence-corrected chi connectivity index (χ0v) is 24.6. The van der Waals surface area contributed by atoms with Crippen molar-refractivity contribution in [1.29, 1.82) is 0 Å². The van der Waals surface area contributed by atoms with Gasteiger partial charge in [-0.25, -0.2) is 0 Å². The van der Waals surface area contributed by atoms with Crippen molar-refractivity contribution in [3.8, 4) is 11.1 Å². The molecule has 1 aliphatic heterocycles. The third-order valence-electron chi connectivity index (χ3n) is 9.20. The predicted molar refractivity (Wildman–Crippen MR) is 186 cm³/mol. The van der Waals surface area contributed by atoms with Gasteiger partial charge in [-0.2, -0.15) is 0 Å². The maximum Gasteiger partial charge on any atom is 0.0555 e. The average molecular weight is 567 g/mol. The molecule has 0 spiro atoms. The fourth-order valence-corrected chi connectivity index (χ4v) is 7.10. The number of hydrogen-bond donors (Lipinski definition) is 0. The first-order valence-corrected chi connectivity index (χ1v) is 15.6. The van der Waals surface area contributed by atoms with Crippen molar-refractivity contribution >= 4 is 33.5 Å². The van der Waals surface area contributed by atoms with E-state index in [2.05, 4.69) is 186 Å². The molecule has 1 fully saturated rings. The number of hydrogen-bond acceptors (Lipinski definition) is 2. The third-order valence-corrected chi connectivity index (χ3v) is 9.20. The lowest BCUT2D eigenvalue weighted by molar-refractivity contribution is 0.636. The maximum atomic E-state index is 2.62. The van der Waals surface area contributed by atoms with E-state index in [1.165, 1.54) is 38.8 Å². The van der Waals surface area contributed by atoms with E-state index in [-0.39, 0.29) is 0 Å². The van der Waals surface area contributed by atoms with Crippen LogP contribution in [0.3, 0.4) is 0 Å². The quantitative estimate of drug-likeness (QED) is 0.198. The summed E-state index contributed by atoms with van der Waals surface area (Å²) in [5, 5.41) is 2.47. The summed E-state index contributed by atoms with van der Waals surface area (Å²) >= 11 is 0. The van der Waals surface area contributed by atoms with Gasteiger partial charge in [0.15, 0.2) is 0 Å². The van der Waals surface area contributed by atoms with E-state index >= 15 is 0 Å². The zero-order valence-electron chi connectivity index (χ0n) is 24.6. The second-order valence-corrected chi connectivity index (χ2v) is 11.8. The summed E-state index contributed by atoms with van der Waals surface area (Å²) in [5.74, 6) is 0.534. The van der Waals surface area contributed by atoms with E-state index in [1.807, 2.05) is 0 Å². The molecule has 2 aliphatic rings. The van der Waals surface area contributed by atoms with Gasteiger partial charge in [-0.1, -0.05) is 133 Å². The predicted octanol–water partition coefficient (Wildman–Crippen LogP) is 11.0. The number of nitrogens with zero attached hydrogens (tertiary/aromatic N) is 2. The molecule has 2 nitrogen and oxygen atoms in total. The van der Waals surface area contributed by atoms with Crippen molar-refractivity contribution in [3.63, 3.8) is 0 Å². The van der Waals surface area contributed by atoms with E-state index < -0.39 is 0 Å². The molecular weight excluding hydrogens is 532 g/mol. The number of para-hydroxylation sites is 1. The van der Waals surface area contributed by atoms with Crippen molar-refractivity contribution in [3.05, 3.63) is 182 Å². The molecule has 6 aromatic rings. The van der Waals surface area contributed by atoms with Crippen LogP contribution in [0.4, 0.5) is 22.7 Å². The fraction of sp³-hybridized carbons (Fsp3) is 0.0952. The van der Waals surface area contributed by atoms with Crippen LogP contribution in [0.1, 0.15) is 18.0 Å². The molecule has 1 heterocycles. The molecule has 2 heteroatoms. The summed E-state index contributed by atoms with van der Waals surface area (Å²) in [6.45, 7) is 0. The van der Waals surface area contributed by atoms with Crippen molar-refractivity contribution < 1.29 is 0 Å². The van der Waals surface area contributed by atoms with Crippen LogP contribution in [-0.2, 0) is 0 Å². The molecule has 44 heavy (non-hydrogen) atoms. The fourth-order valence-electron chi connectivity index (χ4n) is 7.10. The minimum Gasteiger partial charge on any atom is -0.357 e. The molecule has 0 radical (unpaired) electrons. The van der Waals surface area contributed by atoms with E-state index in [0.29, 0.717) is 18.0 Å². The largest absolute Gasteiger partial charge is 0.357 e. The van der Waals surface area contributed by atoms with E-state index in [4.69, 9.17) is 0 Å². The highest BCUT2D eigenvalue weighted by atomic mass is 15.2. The van der Waals surface area contributed by atoms with Gasteiger partial charge < -0.3 is 9.80 Å². The molecule has 1 saturated heterocycles. The Morgan fingerprint density at radius 3 is 1.91 bits per heavy atom. The van der Waals surface area contributed by atoms with Gasteiger partial charge in [-0.3, -0.25) is 0 Å². The van der Waals surface area contributed by atoms with E-state index in [9.17, 15) is 0 Å². The Labute approximate surface area is 259 Å². The molecule has 3 atom stereocenters. The Kier molecular flexibility index (Phi) is 6.81. The molecule has 0 saturated carbocycles. The highest BCUT2D eigenvalue weighted by molar-refractivity contribution is 5.99. The third kappa shape index (κ3) is 4.79. The van der Waals surface area contributed by atoms with Gasteiger partial charge in [0.2, 0.25) is 0 Å². The molecule has 0 bridgehead atoms. The highest BCUT2D eigenvalue weighted by Gasteiger charge is 2.40. The first-order valence-electron chi connectivity index (χ1n) is 15.6. The Morgan fingerprint density at radius 2 is 1.14 bits per heavy atom. The van der Waals surface area contributed by atoms with Gasteiger partial charge in [0, 0.05) is 28.4 Å². The molecule has 0 aromatic heterocycles. The maximum absolute atomic E-state index is 2.62. The highest BCUT2D eigenvalue weighted by Crippen LogP contribution is 2.46. The van der Waals surface area contributed by atoms with Crippen LogP contribution >= 0.6 is 0 Å². The van der Waals surface area contributed by atoms with Crippen LogP contribution in [0, 0.1) is 5.92 Å². The van der Waals surface area contributed by atoms with Crippen LogP contribution < -0.4 is 9.80 Å². The molecule has 3 unspecified atom stereocenters. The number of rotatable bonds is 6. The first-order chi connectivity index (χ1) is 21.8. The summed E-state index contributed by atoms with van der Waals surface area (Å²) in [6.07, 6.45) is 10.3. The Bertz CT molecular complexity index is 1930. The summed E-state index contributed by atoms with van der Waals surface area (Å²) in [5.41, 5.74) is 8.56. The minimum absolute atomic E-state index is 0.363. The van der Waals surface area contributed by atoms with Crippen molar-refractivity contribution in [1.82, 2.24) is 0 Å². The number of anilines is 4. The van der Waals surface area contributed by atoms with Gasteiger partial charge in [-0.05, 0) is 71.0 Å². The molecule has 212 valence electrons. The monoisotopic (exact) mass is 566 g/mol. The average Bonchev–Trinajstić information content (AvgIpc) is 3.50. The van der Waals surface area contributed by atoms with E-state index in [0.717, 1.165) is 17.8 Å². The number of benzene rings is 6. The lowest BCUT2D eigenvalue weighted by Crippen LogP contribution is -2.33. The Hall–Kier alpha value is -5.34. The lowest BCUT2D eigenvalue weighted by atomic mass is 9.93. The van der Waals surface area contributed by atoms with Crippen LogP contribution in [0.25, 0.3) is 21.9 Å². The second kappa shape index (κ2) is 11.4. The second-order valence-electron chi connectivity index (χ2n) is 11.8. The van der Waals surface area contributed by atoms with Crippen molar-refractivity contribution in [2.75, 3.05) is 9.80 Å². The van der Waals surface area contributed by atoms with Gasteiger partial charge in [0.25, 0.3) is 0 Å². The Morgan fingerprint density at radius 1 is 0.523 bits per heavy atom. The van der Waals surface area contributed by atoms with Crippen LogP contribution in [0.15, 0.2) is 176 Å². The molecular formula is C42H34N2. The molecule has 0 amide bonds. The van der Waals surface area contributed by atoms with Crippen LogP contribution in [-0.4, -0.2) is 6.04 Å². The van der Waals surface area contributed by atoms with Gasteiger partial charge >= 0.3 is 0 Å². The number of fused-ring (bicyclic) bond motifs is 2. The first kappa shape index (κ1) is 26.3. The van der Waals surface area contributed by atoms with E-state index in [1.54, 1.807) is 0 Å². The molecule has 0 N–H and O–H groups in total. The number of allylic oxidation sites excluding steroid dienone is 2. The Balaban J connectivity index is 1.12. The van der Waals surface area contributed by atoms with Crippen LogP contribution in [0.2, 0.25) is 0 Å². The lowest BCUT2D eigenvalue weighted by Gasteiger charge is -2.33. The van der Waals surface area contributed by atoms with Gasteiger partial charge in [-0.15, -0.1) is 0 Å². The van der Waals surface area contributed by atoms with Crippen molar-refractivity contribution in [2.24, 2.45) is 5.92 Å². The van der Waals surface area contributed by atoms with Crippen LogP contribution in [0.5, 0.6) is 0 Å². The topological polar surface area (TPSA) is 6.48 Å². The summed E-state index contributed by atoms with van der Waals surface area (Å²) < 4.78 is 0. The zero-order chi connectivity index (χ0) is 29.3. The molecule has 8 rings (SSSR count).